The quantitative estimate of drug-likeness (QED) is 0.201. The molecule has 0 radical (unpaired) electrons. The number of carbonyl (C=O) groups excluding carboxylic acids is 4. The number of ether oxygens (including phenoxy) is 2. The summed E-state index contributed by atoms with van der Waals surface area (Å²) in [5.41, 5.74) is 1.36. The molecule has 0 heterocycles. The standard InChI is InChI=1S/C34H40N4O8/c1-24(2)16-18-37(32(41)22-38(19-17-33(42)43)34(44)25-8-7-11-29(20-25)45-3)21-30(39)35-27-12-14-28(15-13-27)46-23-31(40)36-26-9-5-4-6-10-26/h4-15,20,24H,16-19,21-23H2,1-3H3,(H,35,39)(H,36,40)(H,42,43). The molecule has 4 amide bonds. The highest BCUT2D eigenvalue weighted by molar-refractivity contribution is 5.98. The van der Waals surface area contributed by atoms with Gasteiger partial charge in [-0.25, -0.2) is 0 Å². The number of benzene rings is 3. The van der Waals surface area contributed by atoms with Gasteiger partial charge >= 0.3 is 5.97 Å². The van der Waals surface area contributed by atoms with E-state index in [-0.39, 0.29) is 50.1 Å². The fourth-order valence-corrected chi connectivity index (χ4v) is 4.27. The molecule has 244 valence electrons. The van der Waals surface area contributed by atoms with E-state index in [4.69, 9.17) is 9.47 Å². The first-order chi connectivity index (χ1) is 22.0. The highest BCUT2D eigenvalue weighted by atomic mass is 16.5. The van der Waals surface area contributed by atoms with Crippen LogP contribution in [-0.4, -0.2) is 84.4 Å². The number of anilines is 2. The zero-order valence-electron chi connectivity index (χ0n) is 26.2. The first-order valence-corrected chi connectivity index (χ1v) is 14.8. The van der Waals surface area contributed by atoms with Gasteiger partial charge in [-0.2, -0.15) is 0 Å². The van der Waals surface area contributed by atoms with Gasteiger partial charge in [-0.05, 0) is 66.9 Å². The van der Waals surface area contributed by atoms with Crippen LogP contribution in [-0.2, 0) is 19.2 Å². The molecule has 0 atom stereocenters. The molecule has 0 saturated heterocycles. The van der Waals surface area contributed by atoms with Crippen LogP contribution in [0.5, 0.6) is 11.5 Å². The maximum absolute atomic E-state index is 13.5. The van der Waals surface area contributed by atoms with Crippen molar-refractivity contribution in [3.05, 3.63) is 84.4 Å². The lowest BCUT2D eigenvalue weighted by Crippen LogP contribution is -2.46. The van der Waals surface area contributed by atoms with Crippen molar-refractivity contribution in [3.8, 4) is 11.5 Å². The number of rotatable bonds is 17. The lowest BCUT2D eigenvalue weighted by atomic mass is 10.1. The summed E-state index contributed by atoms with van der Waals surface area (Å²) in [6.45, 7) is 3.18. The third-order valence-electron chi connectivity index (χ3n) is 6.75. The molecule has 0 spiro atoms. The van der Waals surface area contributed by atoms with Gasteiger partial charge in [0.05, 0.1) is 20.1 Å². The van der Waals surface area contributed by atoms with Gasteiger partial charge in [0, 0.05) is 30.0 Å². The van der Waals surface area contributed by atoms with E-state index in [2.05, 4.69) is 10.6 Å². The van der Waals surface area contributed by atoms with Crippen molar-refractivity contribution in [2.45, 2.75) is 26.7 Å². The molecule has 12 heteroatoms. The third kappa shape index (κ3) is 11.9. The molecule has 12 nitrogen and oxygen atoms in total. The summed E-state index contributed by atoms with van der Waals surface area (Å²) >= 11 is 0. The van der Waals surface area contributed by atoms with Crippen LogP contribution in [0.4, 0.5) is 11.4 Å². The second-order valence-corrected chi connectivity index (χ2v) is 10.9. The first kappa shape index (κ1) is 35.1. The Labute approximate surface area is 268 Å². The van der Waals surface area contributed by atoms with Crippen molar-refractivity contribution in [3.63, 3.8) is 0 Å². The number of carboxylic acid groups (broad SMARTS) is 1. The fourth-order valence-electron chi connectivity index (χ4n) is 4.27. The fraction of sp³-hybridized carbons (Fsp3) is 0.324. The lowest BCUT2D eigenvalue weighted by Gasteiger charge is -2.28. The lowest BCUT2D eigenvalue weighted by molar-refractivity contribution is -0.138. The Bertz CT molecular complexity index is 1480. The number of amides is 4. The highest BCUT2D eigenvalue weighted by Gasteiger charge is 2.25. The Morgan fingerprint density at radius 3 is 2.09 bits per heavy atom. The number of hydrogen-bond donors (Lipinski definition) is 3. The molecule has 0 aromatic heterocycles. The van der Waals surface area contributed by atoms with Gasteiger partial charge in [0.1, 0.15) is 18.0 Å². The van der Waals surface area contributed by atoms with Crippen LogP contribution in [0.2, 0.25) is 0 Å². The molecule has 3 N–H and O–H groups in total. The first-order valence-electron chi connectivity index (χ1n) is 14.8. The maximum atomic E-state index is 13.5. The van der Waals surface area contributed by atoms with Crippen molar-refractivity contribution in [1.82, 2.24) is 9.80 Å². The van der Waals surface area contributed by atoms with Crippen LogP contribution in [0.15, 0.2) is 78.9 Å². The summed E-state index contributed by atoms with van der Waals surface area (Å²) in [5.74, 6) is -1.79. The Morgan fingerprint density at radius 2 is 1.43 bits per heavy atom. The van der Waals surface area contributed by atoms with Crippen LogP contribution in [0, 0.1) is 5.92 Å². The normalized spacial score (nSPS) is 10.5. The zero-order chi connectivity index (χ0) is 33.5. The number of nitrogens with zero attached hydrogens (tertiary/aromatic N) is 2. The van der Waals surface area contributed by atoms with E-state index in [9.17, 15) is 29.1 Å². The minimum atomic E-state index is -1.11. The monoisotopic (exact) mass is 632 g/mol. The van der Waals surface area contributed by atoms with Crippen molar-refractivity contribution in [2.24, 2.45) is 5.92 Å². The van der Waals surface area contributed by atoms with E-state index >= 15 is 0 Å². The van der Waals surface area contributed by atoms with Crippen LogP contribution in [0.1, 0.15) is 37.0 Å². The average molecular weight is 633 g/mol. The topological polar surface area (TPSA) is 155 Å². The molecule has 0 bridgehead atoms. The van der Waals surface area contributed by atoms with Crippen molar-refractivity contribution >= 4 is 41.0 Å². The SMILES string of the molecule is COc1cccc(C(=O)N(CCC(=O)O)CC(=O)N(CCC(C)C)CC(=O)Nc2ccc(OCC(=O)Nc3ccccc3)cc2)c1. The molecule has 0 unspecified atom stereocenters. The molecule has 3 aromatic rings. The Balaban J connectivity index is 1.62. The molecule has 0 aliphatic rings. The predicted octanol–water partition coefficient (Wildman–Crippen LogP) is 4.14. The van der Waals surface area contributed by atoms with Gasteiger partial charge in [0.2, 0.25) is 11.8 Å². The van der Waals surface area contributed by atoms with Crippen LogP contribution in [0.3, 0.4) is 0 Å². The molecule has 3 rings (SSSR count). The largest absolute Gasteiger partial charge is 0.497 e. The highest BCUT2D eigenvalue weighted by Crippen LogP contribution is 2.17. The Morgan fingerprint density at radius 1 is 0.761 bits per heavy atom. The van der Waals surface area contributed by atoms with Crippen LogP contribution in [0.25, 0.3) is 0 Å². The van der Waals surface area contributed by atoms with E-state index < -0.39 is 30.2 Å². The number of methoxy groups -OCH3 is 1. The van der Waals surface area contributed by atoms with Gasteiger partial charge in [-0.15, -0.1) is 0 Å². The van der Waals surface area contributed by atoms with Crippen molar-refractivity contribution < 1.29 is 38.6 Å². The summed E-state index contributed by atoms with van der Waals surface area (Å²) in [6, 6.07) is 21.8. The number of carboxylic acids is 1. The number of aliphatic carboxylic acids is 1. The van der Waals surface area contributed by atoms with E-state index in [1.165, 1.54) is 23.0 Å². The predicted molar refractivity (Wildman–Crippen MR) is 173 cm³/mol. The van der Waals surface area contributed by atoms with E-state index in [0.29, 0.717) is 29.3 Å². The minimum absolute atomic E-state index is 0.191. The van der Waals surface area contributed by atoms with Crippen molar-refractivity contribution in [2.75, 3.05) is 50.5 Å². The molecule has 46 heavy (non-hydrogen) atoms. The molecule has 0 fully saturated rings. The Hall–Kier alpha value is -5.39. The van der Waals surface area contributed by atoms with Gasteiger partial charge in [0.25, 0.3) is 11.8 Å². The smallest absolute Gasteiger partial charge is 0.305 e. The molecular formula is C34H40N4O8. The number of nitrogens with one attached hydrogen (secondary N) is 2. The Kier molecular flexibility index (Phi) is 13.6. The summed E-state index contributed by atoms with van der Waals surface area (Å²) < 4.78 is 10.7. The summed E-state index contributed by atoms with van der Waals surface area (Å²) in [6.07, 6.45) is 0.259. The number of para-hydroxylation sites is 1. The van der Waals surface area contributed by atoms with Gasteiger partial charge in [-0.3, -0.25) is 24.0 Å². The second-order valence-electron chi connectivity index (χ2n) is 10.9. The third-order valence-corrected chi connectivity index (χ3v) is 6.75. The summed E-state index contributed by atoms with van der Waals surface area (Å²) in [4.78, 5) is 65.8. The molecule has 0 saturated carbocycles. The van der Waals surface area contributed by atoms with Gasteiger partial charge < -0.3 is 35.0 Å². The molecule has 3 aromatic carbocycles. The van der Waals surface area contributed by atoms with Crippen LogP contribution >= 0.6 is 0 Å². The van der Waals surface area contributed by atoms with E-state index in [1.54, 1.807) is 54.6 Å². The van der Waals surface area contributed by atoms with Gasteiger partial charge in [-0.1, -0.05) is 38.1 Å². The zero-order valence-corrected chi connectivity index (χ0v) is 26.2. The number of carbonyl (C=O) groups is 5. The second kappa shape index (κ2) is 17.8. The van der Waals surface area contributed by atoms with Crippen molar-refractivity contribution in [1.29, 1.82) is 0 Å². The molecule has 0 aliphatic heterocycles. The minimum Gasteiger partial charge on any atom is -0.497 e. The average Bonchev–Trinajstić information content (AvgIpc) is 3.04. The maximum Gasteiger partial charge on any atom is 0.305 e. The van der Waals surface area contributed by atoms with Crippen LogP contribution < -0.4 is 20.1 Å². The van der Waals surface area contributed by atoms with E-state index in [0.717, 1.165) is 0 Å². The van der Waals surface area contributed by atoms with E-state index in [1.807, 2.05) is 32.0 Å². The summed E-state index contributed by atoms with van der Waals surface area (Å²) in [7, 11) is 1.46. The number of hydrogen-bond acceptors (Lipinski definition) is 7. The van der Waals surface area contributed by atoms with Gasteiger partial charge in [0.15, 0.2) is 6.61 Å². The molecule has 0 aliphatic carbocycles. The molecular weight excluding hydrogens is 592 g/mol. The summed E-state index contributed by atoms with van der Waals surface area (Å²) in [5, 5.41) is 14.7.